The van der Waals surface area contributed by atoms with Crippen LogP contribution in [-0.2, 0) is 19.7 Å². The summed E-state index contributed by atoms with van der Waals surface area (Å²) in [6, 6.07) is 3.56. The van der Waals surface area contributed by atoms with Crippen LogP contribution in [0.25, 0.3) is 0 Å². The van der Waals surface area contributed by atoms with Gasteiger partial charge in [0.1, 0.15) is 11.2 Å². The van der Waals surface area contributed by atoms with Crippen LogP contribution in [0, 0.1) is 17.7 Å². The molecule has 1 aliphatic heterocycles. The normalized spacial score (nSPS) is 29.0. The van der Waals surface area contributed by atoms with Crippen molar-refractivity contribution in [3.63, 3.8) is 0 Å². The number of fused-ring (bicyclic) bond motifs is 2. The van der Waals surface area contributed by atoms with Crippen molar-refractivity contribution in [2.24, 2.45) is 11.8 Å². The Morgan fingerprint density at radius 3 is 2.61 bits per heavy atom. The first-order valence-electron chi connectivity index (χ1n) is 6.99. The van der Waals surface area contributed by atoms with Crippen molar-refractivity contribution in [3.05, 3.63) is 29.6 Å². The van der Waals surface area contributed by atoms with Crippen molar-refractivity contribution in [2.75, 3.05) is 18.6 Å². The van der Waals surface area contributed by atoms with E-state index in [2.05, 4.69) is 0 Å². The second kappa shape index (κ2) is 4.69. The molecule has 0 N–H and O–H groups in total. The van der Waals surface area contributed by atoms with Gasteiger partial charge in [-0.1, -0.05) is 12.1 Å². The summed E-state index contributed by atoms with van der Waals surface area (Å²) in [4.78, 5) is 25.4. The maximum absolute atomic E-state index is 14.0. The van der Waals surface area contributed by atoms with E-state index in [9.17, 15) is 27.2 Å². The Morgan fingerprint density at radius 1 is 1.39 bits per heavy atom. The van der Waals surface area contributed by atoms with Crippen LogP contribution >= 0.6 is 0 Å². The summed E-state index contributed by atoms with van der Waals surface area (Å²) < 4.78 is 58.9. The molecule has 1 heterocycles. The summed E-state index contributed by atoms with van der Waals surface area (Å²) in [6.45, 7) is 1.36. The molecule has 1 aromatic rings. The zero-order chi connectivity index (χ0) is 17.2. The predicted molar refractivity (Wildman–Crippen MR) is 71.2 cm³/mol. The highest BCUT2D eigenvalue weighted by Crippen LogP contribution is 2.71. The number of hydrogen-bond donors (Lipinski definition) is 0. The molecule has 1 aliphatic carbocycles. The molecule has 3 rings (SSSR count). The summed E-state index contributed by atoms with van der Waals surface area (Å²) in [5.74, 6) is -6.70. The summed E-state index contributed by atoms with van der Waals surface area (Å²) in [5, 5.41) is 0. The van der Waals surface area contributed by atoms with E-state index in [0.717, 1.165) is 11.0 Å². The third kappa shape index (κ3) is 1.83. The Morgan fingerprint density at radius 2 is 2.04 bits per heavy atom. The van der Waals surface area contributed by atoms with Crippen LogP contribution in [0.15, 0.2) is 18.2 Å². The number of carbonyl (C=O) groups excluding carboxylic acids is 2. The smallest absolute Gasteiger partial charge is 0.394 e. The number of carbonyl (C=O) groups is 2. The van der Waals surface area contributed by atoms with Gasteiger partial charge in [-0.05, 0) is 18.6 Å². The quantitative estimate of drug-likeness (QED) is 0.618. The minimum absolute atomic E-state index is 0.101. The number of anilines is 1. The number of nitrogens with zero attached hydrogens (tertiary/aromatic N) is 1. The Hall–Kier alpha value is -2.12. The fraction of sp³-hybridized carbons (Fsp3) is 0.467. The van der Waals surface area contributed by atoms with Gasteiger partial charge in [0.15, 0.2) is 0 Å². The lowest BCUT2D eigenvalue weighted by molar-refractivity contribution is -0.164. The lowest BCUT2D eigenvalue weighted by Crippen LogP contribution is -2.33. The lowest BCUT2D eigenvalue weighted by atomic mass is 9.92. The molecule has 2 unspecified atom stereocenters. The highest BCUT2D eigenvalue weighted by atomic mass is 19.4. The average Bonchev–Trinajstić information content (AvgIpc) is 3.12. The molecule has 4 nitrogen and oxygen atoms in total. The van der Waals surface area contributed by atoms with E-state index in [0.29, 0.717) is 0 Å². The van der Waals surface area contributed by atoms with Crippen LogP contribution in [0.3, 0.4) is 0 Å². The van der Waals surface area contributed by atoms with Gasteiger partial charge in [-0.2, -0.15) is 13.2 Å². The first kappa shape index (κ1) is 15.8. The van der Waals surface area contributed by atoms with Crippen molar-refractivity contribution >= 4 is 17.6 Å². The van der Waals surface area contributed by atoms with Crippen LogP contribution < -0.4 is 4.90 Å². The molecule has 1 amide bonds. The van der Waals surface area contributed by atoms with Crippen LogP contribution in [-0.4, -0.2) is 31.7 Å². The van der Waals surface area contributed by atoms with Gasteiger partial charge in [0.05, 0.1) is 24.1 Å². The van der Waals surface area contributed by atoms with Gasteiger partial charge in [0.2, 0.25) is 5.91 Å². The third-order valence-corrected chi connectivity index (χ3v) is 4.52. The van der Waals surface area contributed by atoms with Crippen LogP contribution in [0.4, 0.5) is 23.2 Å². The number of hydrogen-bond acceptors (Lipinski definition) is 3. The van der Waals surface area contributed by atoms with E-state index < -0.39 is 41.1 Å². The first-order valence-corrected chi connectivity index (χ1v) is 6.99. The number of ether oxygens (including phenoxy) is 1. The van der Waals surface area contributed by atoms with Crippen molar-refractivity contribution in [1.82, 2.24) is 0 Å². The Bertz CT molecular complexity index is 702. The number of rotatable bonds is 2. The van der Waals surface area contributed by atoms with Crippen molar-refractivity contribution in [2.45, 2.75) is 18.5 Å². The van der Waals surface area contributed by atoms with Gasteiger partial charge in [0.25, 0.3) is 0 Å². The molecule has 0 radical (unpaired) electrons. The SMILES string of the molecule is CCOC(=O)C1C(C(F)(F)F)[C@@]12C(=O)N(C)c1c(F)cccc12. The van der Waals surface area contributed by atoms with Gasteiger partial charge in [0, 0.05) is 7.05 Å². The Labute approximate surface area is 129 Å². The number of esters is 1. The second-order valence-electron chi connectivity index (χ2n) is 5.62. The molecule has 124 valence electrons. The lowest BCUT2D eigenvalue weighted by Gasteiger charge is -2.12. The zero-order valence-electron chi connectivity index (χ0n) is 12.3. The zero-order valence-corrected chi connectivity index (χ0v) is 12.3. The van der Waals surface area contributed by atoms with E-state index in [1.165, 1.54) is 26.1 Å². The molecule has 23 heavy (non-hydrogen) atoms. The van der Waals surface area contributed by atoms with Gasteiger partial charge in [-0.25, -0.2) is 4.39 Å². The molecule has 8 heteroatoms. The molecule has 1 saturated carbocycles. The molecular formula is C15H13F4NO3. The highest BCUT2D eigenvalue weighted by molar-refractivity contribution is 6.14. The van der Waals surface area contributed by atoms with Gasteiger partial charge in [-0.3, -0.25) is 9.59 Å². The Balaban J connectivity index is 2.19. The first-order chi connectivity index (χ1) is 10.7. The van der Waals surface area contributed by atoms with E-state index >= 15 is 0 Å². The highest BCUT2D eigenvalue weighted by Gasteiger charge is 2.85. The number of alkyl halides is 3. The molecular weight excluding hydrogens is 318 g/mol. The fourth-order valence-electron chi connectivity index (χ4n) is 3.67. The number of para-hydroxylation sites is 1. The molecule has 1 fully saturated rings. The molecule has 0 bridgehead atoms. The van der Waals surface area contributed by atoms with Crippen molar-refractivity contribution in [1.29, 1.82) is 0 Å². The number of halogens is 4. The average molecular weight is 331 g/mol. The minimum Gasteiger partial charge on any atom is -0.466 e. The molecule has 0 saturated heterocycles. The van der Waals surface area contributed by atoms with E-state index in [-0.39, 0.29) is 17.9 Å². The van der Waals surface area contributed by atoms with E-state index in [1.54, 1.807) is 0 Å². The number of likely N-dealkylation sites (N-methyl/N-ethyl adjacent to an activating group) is 1. The largest absolute Gasteiger partial charge is 0.466 e. The van der Waals surface area contributed by atoms with Crippen LogP contribution in [0.1, 0.15) is 12.5 Å². The van der Waals surface area contributed by atoms with Gasteiger partial charge in [-0.15, -0.1) is 0 Å². The minimum atomic E-state index is -4.78. The standard InChI is InChI=1S/C15H13F4NO3/c1-3-23-12(21)9-11(15(17,18)19)14(9)7-5-4-6-8(16)10(7)20(2)13(14)22/h4-6,9,11H,3H2,1-2H3/t9?,11?,14-/m0/s1. The molecule has 1 spiro atoms. The summed E-state index contributed by atoms with van der Waals surface area (Å²) in [7, 11) is 1.20. The molecule has 1 aromatic carbocycles. The van der Waals surface area contributed by atoms with Crippen LogP contribution in [0.5, 0.6) is 0 Å². The van der Waals surface area contributed by atoms with E-state index in [1.807, 2.05) is 0 Å². The predicted octanol–water partition coefficient (Wildman–Crippen LogP) is 2.41. The number of benzene rings is 1. The van der Waals surface area contributed by atoms with Gasteiger partial charge >= 0.3 is 12.1 Å². The monoisotopic (exact) mass is 331 g/mol. The summed E-state index contributed by atoms with van der Waals surface area (Å²) in [6.07, 6.45) is -4.78. The second-order valence-corrected chi connectivity index (χ2v) is 5.62. The van der Waals surface area contributed by atoms with Gasteiger partial charge < -0.3 is 9.64 Å². The molecule has 2 aliphatic rings. The molecule has 0 aromatic heterocycles. The number of amides is 1. The summed E-state index contributed by atoms with van der Waals surface area (Å²) >= 11 is 0. The van der Waals surface area contributed by atoms with Crippen LogP contribution in [0.2, 0.25) is 0 Å². The van der Waals surface area contributed by atoms with E-state index in [4.69, 9.17) is 4.74 Å². The maximum atomic E-state index is 14.0. The van der Waals surface area contributed by atoms with Crippen molar-refractivity contribution < 1.29 is 31.9 Å². The molecule has 3 atom stereocenters. The topological polar surface area (TPSA) is 46.6 Å². The fourth-order valence-corrected chi connectivity index (χ4v) is 3.67. The maximum Gasteiger partial charge on any atom is 0.394 e. The Kier molecular flexibility index (Phi) is 3.21. The van der Waals surface area contributed by atoms with Crippen molar-refractivity contribution in [3.8, 4) is 0 Å². The third-order valence-electron chi connectivity index (χ3n) is 4.52. The summed E-state index contributed by atoms with van der Waals surface area (Å²) in [5.41, 5.74) is -2.43.